The Hall–Kier alpha value is -2.67. The number of carbonyl (C=O) groups is 1. The van der Waals surface area contributed by atoms with Crippen LogP contribution in [-0.2, 0) is 11.2 Å². The first-order valence-electron chi connectivity index (χ1n) is 9.04. The molecule has 3 rings (SSSR count). The van der Waals surface area contributed by atoms with Crippen LogP contribution in [0.1, 0.15) is 30.7 Å². The lowest BCUT2D eigenvalue weighted by molar-refractivity contribution is -0.123. The number of rotatable bonds is 10. The summed E-state index contributed by atoms with van der Waals surface area (Å²) < 4.78 is 10.8. The summed E-state index contributed by atoms with van der Waals surface area (Å²) in [6.07, 6.45) is 3.59. The second-order valence-corrected chi connectivity index (χ2v) is 7.15. The fraction of sp³-hybridized carbons (Fsp3) is 0.350. The Morgan fingerprint density at radius 1 is 1.19 bits per heavy atom. The average Bonchev–Trinajstić information content (AvgIpc) is 3.35. The Kier molecular flexibility index (Phi) is 6.98. The number of unbranched alkanes of at least 4 members (excludes halogenated alkanes) is 2. The summed E-state index contributed by atoms with van der Waals surface area (Å²) in [7, 11) is 0. The minimum Gasteiger partial charge on any atom is -0.484 e. The van der Waals surface area contributed by atoms with E-state index in [1.165, 1.54) is 0 Å². The molecule has 0 bridgehead atoms. The van der Waals surface area contributed by atoms with Crippen LogP contribution in [0.5, 0.6) is 5.75 Å². The van der Waals surface area contributed by atoms with E-state index in [1.54, 1.807) is 11.3 Å². The number of amides is 1. The monoisotopic (exact) mass is 385 g/mol. The maximum Gasteiger partial charge on any atom is 0.257 e. The van der Waals surface area contributed by atoms with Gasteiger partial charge in [-0.05, 0) is 42.8 Å². The lowest BCUT2D eigenvalue weighted by Crippen LogP contribution is -2.29. The molecule has 0 atom stereocenters. The molecule has 0 fully saturated rings. The van der Waals surface area contributed by atoms with E-state index in [-0.39, 0.29) is 12.5 Å². The number of aryl methyl sites for hydroxylation is 2. The topological polar surface area (TPSA) is 77.2 Å². The van der Waals surface area contributed by atoms with E-state index in [1.807, 2.05) is 48.7 Å². The third kappa shape index (κ3) is 5.92. The van der Waals surface area contributed by atoms with Gasteiger partial charge < -0.3 is 14.6 Å². The number of benzene rings is 1. The fourth-order valence-corrected chi connectivity index (χ4v) is 3.23. The van der Waals surface area contributed by atoms with Crippen molar-refractivity contribution in [3.8, 4) is 16.5 Å². The van der Waals surface area contributed by atoms with Gasteiger partial charge in [-0.2, -0.15) is 4.98 Å². The van der Waals surface area contributed by atoms with Crippen LogP contribution in [0.3, 0.4) is 0 Å². The summed E-state index contributed by atoms with van der Waals surface area (Å²) >= 11 is 1.59. The number of ether oxygens (including phenoxy) is 1. The third-order valence-corrected chi connectivity index (χ3v) is 4.92. The van der Waals surface area contributed by atoms with Crippen LogP contribution in [0, 0.1) is 6.92 Å². The molecule has 1 N–H and O–H groups in total. The van der Waals surface area contributed by atoms with Crippen molar-refractivity contribution in [3.63, 3.8) is 0 Å². The van der Waals surface area contributed by atoms with Gasteiger partial charge in [0.05, 0.1) is 4.88 Å². The molecule has 2 heterocycles. The van der Waals surface area contributed by atoms with E-state index in [0.29, 0.717) is 18.3 Å². The molecular formula is C20H23N3O3S. The summed E-state index contributed by atoms with van der Waals surface area (Å²) in [5, 5.41) is 8.87. The van der Waals surface area contributed by atoms with Crippen LogP contribution in [0.4, 0.5) is 0 Å². The smallest absolute Gasteiger partial charge is 0.257 e. The normalized spacial score (nSPS) is 10.7. The van der Waals surface area contributed by atoms with Crippen molar-refractivity contribution in [1.29, 1.82) is 0 Å². The van der Waals surface area contributed by atoms with Crippen LogP contribution < -0.4 is 10.1 Å². The number of hydrogen-bond donors (Lipinski definition) is 1. The molecule has 0 aliphatic carbocycles. The first kappa shape index (κ1) is 19.1. The van der Waals surface area contributed by atoms with Crippen molar-refractivity contribution < 1.29 is 14.1 Å². The highest BCUT2D eigenvalue weighted by Crippen LogP contribution is 2.21. The second-order valence-electron chi connectivity index (χ2n) is 6.20. The summed E-state index contributed by atoms with van der Waals surface area (Å²) in [5.41, 5.74) is 1.02. The van der Waals surface area contributed by atoms with Gasteiger partial charge in [0, 0.05) is 13.0 Å². The zero-order chi connectivity index (χ0) is 18.9. The number of nitrogens with zero attached hydrogens (tertiary/aromatic N) is 2. The number of aromatic nitrogens is 2. The van der Waals surface area contributed by atoms with Crippen molar-refractivity contribution in [2.45, 2.75) is 32.6 Å². The quantitative estimate of drug-likeness (QED) is 0.534. The van der Waals surface area contributed by atoms with Gasteiger partial charge in [0.15, 0.2) is 6.61 Å². The molecule has 0 aliphatic rings. The van der Waals surface area contributed by atoms with E-state index in [2.05, 4.69) is 15.5 Å². The molecule has 0 radical (unpaired) electrons. The second kappa shape index (κ2) is 9.87. The zero-order valence-corrected chi connectivity index (χ0v) is 16.1. The molecule has 142 valence electrons. The first-order valence-corrected chi connectivity index (χ1v) is 9.92. The van der Waals surface area contributed by atoms with E-state index >= 15 is 0 Å². The Bertz CT molecular complexity index is 846. The van der Waals surface area contributed by atoms with Gasteiger partial charge in [0.25, 0.3) is 5.91 Å². The lowest BCUT2D eigenvalue weighted by atomic mass is 10.2. The van der Waals surface area contributed by atoms with Crippen LogP contribution in [0.2, 0.25) is 0 Å². The predicted molar refractivity (Wildman–Crippen MR) is 105 cm³/mol. The molecule has 0 unspecified atom stereocenters. The Labute approximate surface area is 162 Å². The molecule has 0 saturated carbocycles. The lowest BCUT2D eigenvalue weighted by Gasteiger charge is -2.09. The van der Waals surface area contributed by atoms with E-state index in [4.69, 9.17) is 9.26 Å². The molecule has 7 heteroatoms. The summed E-state index contributed by atoms with van der Waals surface area (Å²) in [4.78, 5) is 17.2. The SMILES string of the molecule is Cc1ccccc1OCC(=O)NCCCCCc1nc(-c2cccs2)no1. The van der Waals surface area contributed by atoms with Crippen molar-refractivity contribution >= 4 is 17.2 Å². The molecule has 27 heavy (non-hydrogen) atoms. The van der Waals surface area contributed by atoms with Gasteiger partial charge >= 0.3 is 0 Å². The van der Waals surface area contributed by atoms with Gasteiger partial charge in [-0.15, -0.1) is 11.3 Å². The molecule has 1 amide bonds. The number of hydrogen-bond acceptors (Lipinski definition) is 6. The fourth-order valence-electron chi connectivity index (χ4n) is 2.58. The molecule has 0 saturated heterocycles. The van der Waals surface area contributed by atoms with E-state index in [0.717, 1.165) is 41.9 Å². The van der Waals surface area contributed by atoms with Gasteiger partial charge in [0.1, 0.15) is 5.75 Å². The van der Waals surface area contributed by atoms with Crippen molar-refractivity contribution in [2.75, 3.05) is 13.2 Å². The van der Waals surface area contributed by atoms with E-state index in [9.17, 15) is 4.79 Å². The minimum atomic E-state index is -0.101. The molecule has 1 aromatic carbocycles. The van der Waals surface area contributed by atoms with Gasteiger partial charge in [-0.25, -0.2) is 0 Å². The zero-order valence-electron chi connectivity index (χ0n) is 15.3. The van der Waals surface area contributed by atoms with Gasteiger partial charge in [0.2, 0.25) is 11.7 Å². The molecule has 2 aromatic heterocycles. The highest BCUT2D eigenvalue weighted by atomic mass is 32.1. The summed E-state index contributed by atoms with van der Waals surface area (Å²) in [6, 6.07) is 11.6. The third-order valence-electron chi connectivity index (χ3n) is 4.05. The Balaban J connectivity index is 1.26. The summed E-state index contributed by atoms with van der Waals surface area (Å²) in [5.74, 6) is 1.96. The molecular weight excluding hydrogens is 362 g/mol. The predicted octanol–water partition coefficient (Wildman–Crippen LogP) is 4.01. The minimum absolute atomic E-state index is 0.0400. The van der Waals surface area contributed by atoms with Crippen molar-refractivity contribution in [2.24, 2.45) is 0 Å². The highest BCUT2D eigenvalue weighted by Gasteiger charge is 2.09. The highest BCUT2D eigenvalue weighted by molar-refractivity contribution is 7.13. The van der Waals surface area contributed by atoms with Crippen molar-refractivity contribution in [3.05, 3.63) is 53.2 Å². The molecule has 6 nitrogen and oxygen atoms in total. The maximum absolute atomic E-state index is 11.8. The molecule has 0 spiro atoms. The van der Waals surface area contributed by atoms with Crippen LogP contribution in [0.25, 0.3) is 10.7 Å². The van der Waals surface area contributed by atoms with Crippen molar-refractivity contribution in [1.82, 2.24) is 15.5 Å². The van der Waals surface area contributed by atoms with Crippen LogP contribution in [-0.4, -0.2) is 29.2 Å². The first-order chi connectivity index (χ1) is 13.2. The van der Waals surface area contributed by atoms with Crippen LogP contribution >= 0.6 is 11.3 Å². The van der Waals surface area contributed by atoms with E-state index < -0.39 is 0 Å². The number of carbonyl (C=O) groups excluding carboxylic acids is 1. The van der Waals surface area contributed by atoms with Gasteiger partial charge in [-0.1, -0.05) is 35.8 Å². The standard InChI is InChI=1S/C20H23N3O3S/c1-15-8-4-5-9-16(15)25-14-18(24)21-12-6-2-3-11-19-22-20(23-26-19)17-10-7-13-27-17/h4-5,7-10,13H,2-3,6,11-12,14H2,1H3,(H,21,24). The molecule has 0 aliphatic heterocycles. The van der Waals surface area contributed by atoms with Gasteiger partial charge in [-0.3, -0.25) is 4.79 Å². The average molecular weight is 385 g/mol. The summed E-state index contributed by atoms with van der Waals surface area (Å²) in [6.45, 7) is 2.64. The number of nitrogens with one attached hydrogen (secondary N) is 1. The maximum atomic E-state index is 11.8. The molecule has 3 aromatic rings. The number of para-hydroxylation sites is 1. The van der Waals surface area contributed by atoms with Crippen LogP contribution in [0.15, 0.2) is 46.3 Å². The Morgan fingerprint density at radius 2 is 2.07 bits per heavy atom. The number of thiophene rings is 1. The Morgan fingerprint density at radius 3 is 2.89 bits per heavy atom. The largest absolute Gasteiger partial charge is 0.484 e.